The van der Waals surface area contributed by atoms with Crippen molar-refractivity contribution < 1.29 is 4.79 Å². The normalized spacial score (nSPS) is 23.8. The van der Waals surface area contributed by atoms with E-state index in [4.69, 9.17) is 0 Å². The zero-order valence-corrected chi connectivity index (χ0v) is 17.9. The molecule has 29 heavy (non-hydrogen) atoms. The summed E-state index contributed by atoms with van der Waals surface area (Å²) in [6, 6.07) is 14.7. The monoisotopic (exact) mass is 410 g/mol. The predicted octanol–water partition coefficient (Wildman–Crippen LogP) is 3.12. The lowest BCUT2D eigenvalue weighted by molar-refractivity contribution is -0.134. The third kappa shape index (κ3) is 5.18. The van der Waals surface area contributed by atoms with Crippen LogP contribution >= 0.6 is 11.8 Å². The van der Waals surface area contributed by atoms with E-state index in [9.17, 15) is 4.79 Å². The molecule has 3 atom stereocenters. The fourth-order valence-electron chi connectivity index (χ4n) is 4.07. The summed E-state index contributed by atoms with van der Waals surface area (Å²) in [5.74, 6) is 1.65. The van der Waals surface area contributed by atoms with Crippen molar-refractivity contribution in [3.63, 3.8) is 0 Å². The zero-order chi connectivity index (χ0) is 20.1. The molecule has 1 aromatic carbocycles. The standard InChI is InChI=1S/C23H30N4OS/c1-18(19-6-3-2-4-7-19)9-11-26-12-14-27(15-13-26)23(28)21-17-29-22(25-21)20-8-5-10-24-16-20/h2-8,10,16,18,21-22,25H,9,11-15,17H2,1H3/t18?,21-,22?/m0/s1. The number of carbonyl (C=O) groups excluding carboxylic acids is 1. The van der Waals surface area contributed by atoms with E-state index < -0.39 is 0 Å². The summed E-state index contributed by atoms with van der Waals surface area (Å²) in [4.78, 5) is 21.7. The van der Waals surface area contributed by atoms with Gasteiger partial charge in [-0.15, -0.1) is 11.8 Å². The van der Waals surface area contributed by atoms with Crippen LogP contribution in [0.4, 0.5) is 0 Å². The van der Waals surface area contributed by atoms with Gasteiger partial charge in [-0.2, -0.15) is 0 Å². The van der Waals surface area contributed by atoms with Crippen LogP contribution in [-0.2, 0) is 4.79 Å². The van der Waals surface area contributed by atoms with Gasteiger partial charge in [0.05, 0.1) is 11.4 Å². The Kier molecular flexibility index (Phi) is 6.85. The summed E-state index contributed by atoms with van der Waals surface area (Å²) >= 11 is 1.80. The van der Waals surface area contributed by atoms with Gasteiger partial charge < -0.3 is 4.90 Å². The number of piperazine rings is 1. The van der Waals surface area contributed by atoms with E-state index in [2.05, 4.69) is 58.5 Å². The molecule has 0 aliphatic carbocycles. The largest absolute Gasteiger partial charge is 0.339 e. The second-order valence-corrected chi connectivity index (χ2v) is 9.12. The number of hydrogen-bond donors (Lipinski definition) is 1. The van der Waals surface area contributed by atoms with Gasteiger partial charge in [0.1, 0.15) is 0 Å². The van der Waals surface area contributed by atoms with Gasteiger partial charge in [0.25, 0.3) is 0 Å². The molecule has 1 aromatic heterocycles. The average Bonchev–Trinajstić information content (AvgIpc) is 3.29. The van der Waals surface area contributed by atoms with E-state index in [0.717, 1.165) is 50.5 Å². The minimum absolute atomic E-state index is 0.0881. The number of nitrogens with one attached hydrogen (secondary N) is 1. The quantitative estimate of drug-likeness (QED) is 0.793. The van der Waals surface area contributed by atoms with Crippen LogP contribution in [0.5, 0.6) is 0 Å². The molecule has 5 nitrogen and oxygen atoms in total. The van der Waals surface area contributed by atoms with Gasteiger partial charge in [0, 0.05) is 44.3 Å². The van der Waals surface area contributed by atoms with Gasteiger partial charge >= 0.3 is 0 Å². The van der Waals surface area contributed by atoms with Crippen LogP contribution < -0.4 is 5.32 Å². The summed E-state index contributed by atoms with van der Waals surface area (Å²) in [5, 5.41) is 3.66. The van der Waals surface area contributed by atoms with Crippen LogP contribution in [0.2, 0.25) is 0 Å². The van der Waals surface area contributed by atoms with Crippen LogP contribution in [0.3, 0.4) is 0 Å². The van der Waals surface area contributed by atoms with Crippen molar-refractivity contribution in [2.75, 3.05) is 38.5 Å². The van der Waals surface area contributed by atoms with Gasteiger partial charge in [-0.3, -0.25) is 20.0 Å². The Labute approximate surface area is 177 Å². The molecule has 1 N–H and O–H groups in total. The van der Waals surface area contributed by atoms with Gasteiger partial charge in [-0.05, 0) is 36.1 Å². The van der Waals surface area contributed by atoms with E-state index in [0.29, 0.717) is 5.92 Å². The number of thioether (sulfide) groups is 1. The highest BCUT2D eigenvalue weighted by Gasteiger charge is 2.34. The molecule has 154 valence electrons. The first-order valence-electron chi connectivity index (χ1n) is 10.5. The number of rotatable bonds is 6. The molecule has 0 bridgehead atoms. The maximum atomic E-state index is 13.0. The zero-order valence-electron chi connectivity index (χ0n) is 17.0. The highest BCUT2D eigenvalue weighted by Crippen LogP contribution is 2.32. The molecule has 0 spiro atoms. The van der Waals surface area contributed by atoms with Crippen molar-refractivity contribution in [3.8, 4) is 0 Å². The van der Waals surface area contributed by atoms with Gasteiger partial charge in [-0.25, -0.2) is 0 Å². The van der Waals surface area contributed by atoms with Crippen LogP contribution in [0.1, 0.15) is 35.8 Å². The van der Waals surface area contributed by atoms with Crippen molar-refractivity contribution in [2.45, 2.75) is 30.7 Å². The number of nitrogens with zero attached hydrogens (tertiary/aromatic N) is 3. The SMILES string of the molecule is CC(CCN1CCN(C(=O)[C@@H]2CSC(c3cccnc3)N2)CC1)c1ccccc1. The van der Waals surface area contributed by atoms with Crippen molar-refractivity contribution in [3.05, 3.63) is 66.0 Å². The van der Waals surface area contributed by atoms with Crippen molar-refractivity contribution in [1.82, 2.24) is 20.1 Å². The van der Waals surface area contributed by atoms with Crippen molar-refractivity contribution >= 4 is 17.7 Å². The lowest BCUT2D eigenvalue weighted by Crippen LogP contribution is -2.53. The summed E-state index contributed by atoms with van der Waals surface area (Å²) in [5.41, 5.74) is 2.56. The molecule has 1 amide bonds. The molecular weight excluding hydrogens is 380 g/mol. The molecule has 0 radical (unpaired) electrons. The Morgan fingerprint density at radius 3 is 2.69 bits per heavy atom. The molecule has 3 heterocycles. The lowest BCUT2D eigenvalue weighted by atomic mass is 9.97. The van der Waals surface area contributed by atoms with Crippen molar-refractivity contribution in [2.24, 2.45) is 0 Å². The Bertz CT molecular complexity index is 780. The summed E-state index contributed by atoms with van der Waals surface area (Å²) < 4.78 is 0. The van der Waals surface area contributed by atoms with Crippen LogP contribution in [0, 0.1) is 0 Å². The van der Waals surface area contributed by atoms with E-state index >= 15 is 0 Å². The van der Waals surface area contributed by atoms with Crippen LogP contribution in [0.25, 0.3) is 0 Å². The molecule has 2 saturated heterocycles. The molecule has 6 heteroatoms. The van der Waals surface area contributed by atoms with Crippen molar-refractivity contribution in [1.29, 1.82) is 0 Å². The van der Waals surface area contributed by atoms with Gasteiger partial charge in [0.15, 0.2) is 0 Å². The molecular formula is C23H30N4OS. The third-order valence-corrected chi connectivity index (χ3v) is 7.27. The Morgan fingerprint density at radius 1 is 1.17 bits per heavy atom. The van der Waals surface area contributed by atoms with Gasteiger partial charge in [-0.1, -0.05) is 43.3 Å². The smallest absolute Gasteiger partial charge is 0.240 e. The minimum Gasteiger partial charge on any atom is -0.339 e. The number of carbonyl (C=O) groups is 1. The van der Waals surface area contributed by atoms with E-state index in [-0.39, 0.29) is 17.3 Å². The number of aromatic nitrogens is 1. The van der Waals surface area contributed by atoms with Gasteiger partial charge in [0.2, 0.25) is 5.91 Å². The molecule has 4 rings (SSSR count). The Balaban J connectivity index is 1.21. The minimum atomic E-state index is -0.0881. The summed E-state index contributed by atoms with van der Waals surface area (Å²) in [7, 11) is 0. The second-order valence-electron chi connectivity index (χ2n) is 7.99. The van der Waals surface area contributed by atoms with Crippen LogP contribution in [0.15, 0.2) is 54.9 Å². The number of amides is 1. The molecule has 2 aliphatic rings. The number of hydrogen-bond acceptors (Lipinski definition) is 5. The van der Waals surface area contributed by atoms with Crippen LogP contribution in [-0.4, -0.2) is 65.2 Å². The van der Waals surface area contributed by atoms with E-state index in [1.165, 1.54) is 5.56 Å². The third-order valence-electron chi connectivity index (χ3n) is 6.00. The first kappa shape index (κ1) is 20.4. The Morgan fingerprint density at radius 2 is 1.97 bits per heavy atom. The first-order valence-corrected chi connectivity index (χ1v) is 11.6. The predicted molar refractivity (Wildman–Crippen MR) is 119 cm³/mol. The highest BCUT2D eigenvalue weighted by atomic mass is 32.2. The topological polar surface area (TPSA) is 48.5 Å². The number of pyridine rings is 1. The second kappa shape index (κ2) is 9.74. The molecule has 0 saturated carbocycles. The summed E-state index contributed by atoms with van der Waals surface area (Å²) in [6.45, 7) is 7.01. The molecule has 2 fully saturated rings. The molecule has 2 aromatic rings. The average molecular weight is 411 g/mol. The fraction of sp³-hybridized carbons (Fsp3) is 0.478. The lowest BCUT2D eigenvalue weighted by Gasteiger charge is -2.36. The van der Waals surface area contributed by atoms with E-state index in [1.807, 2.05) is 17.2 Å². The maximum Gasteiger partial charge on any atom is 0.240 e. The molecule has 2 unspecified atom stereocenters. The number of benzene rings is 1. The molecule has 2 aliphatic heterocycles. The Hall–Kier alpha value is -1.89. The summed E-state index contributed by atoms with van der Waals surface area (Å²) in [6.07, 6.45) is 4.82. The fourth-order valence-corrected chi connectivity index (χ4v) is 5.29. The van der Waals surface area contributed by atoms with E-state index in [1.54, 1.807) is 18.0 Å². The maximum absolute atomic E-state index is 13.0. The first-order chi connectivity index (χ1) is 14.2. The highest BCUT2D eigenvalue weighted by molar-refractivity contribution is 7.99.